The monoisotopic (exact) mass is 358 g/mol. The number of amides is 2. The highest BCUT2D eigenvalue weighted by Crippen LogP contribution is 2.02. The van der Waals surface area contributed by atoms with Crippen LogP contribution >= 0.6 is 0 Å². The van der Waals surface area contributed by atoms with E-state index in [0.717, 1.165) is 0 Å². The fourth-order valence-corrected chi connectivity index (χ4v) is 1.34. The van der Waals surface area contributed by atoms with Crippen molar-refractivity contribution in [3.63, 3.8) is 0 Å². The lowest BCUT2D eigenvalue weighted by Gasteiger charge is -2.05. The minimum atomic E-state index is -1.61. The van der Waals surface area contributed by atoms with Crippen LogP contribution in [0.2, 0.25) is 0 Å². The fourth-order valence-electron chi connectivity index (χ4n) is 1.34. The van der Waals surface area contributed by atoms with Crippen LogP contribution in [-0.2, 0) is 28.8 Å². The summed E-state index contributed by atoms with van der Waals surface area (Å²) in [6.07, 6.45) is -0.749. The van der Waals surface area contributed by atoms with E-state index in [2.05, 4.69) is 0 Å². The molecule has 12 nitrogen and oxygen atoms in total. The Kier molecular flexibility index (Phi) is 8.64. The molecule has 12 heteroatoms. The number of carboxylic acid groups (broad SMARTS) is 4. The van der Waals surface area contributed by atoms with Gasteiger partial charge in [-0.05, 0) is 0 Å². The largest absolute Gasteiger partial charge is 0.481 e. The molecule has 0 aliphatic carbocycles. The molecule has 25 heavy (non-hydrogen) atoms. The summed E-state index contributed by atoms with van der Waals surface area (Å²) in [6, 6.07) is 0. The molecule has 0 atom stereocenters. The summed E-state index contributed by atoms with van der Waals surface area (Å²) in [4.78, 5) is 65.2. The second-order valence-corrected chi connectivity index (χ2v) is 4.35. The molecule has 0 aliphatic heterocycles. The lowest BCUT2D eigenvalue weighted by atomic mass is 10.2. The Morgan fingerprint density at radius 3 is 1.20 bits per heavy atom. The number of carboxylic acids is 4. The number of rotatable bonds is 10. The molecule has 0 radical (unpaired) electrons. The molecular formula is C13H14N2O10. The van der Waals surface area contributed by atoms with Gasteiger partial charge in [0, 0.05) is 12.2 Å². The minimum absolute atomic E-state index is 0.519. The summed E-state index contributed by atoms with van der Waals surface area (Å²) < 4.78 is 0. The average Bonchev–Trinajstić information content (AvgIpc) is 2.44. The van der Waals surface area contributed by atoms with E-state index in [1.165, 1.54) is 0 Å². The van der Waals surface area contributed by atoms with Crippen LogP contribution in [0.15, 0.2) is 23.3 Å². The third-order valence-electron chi connectivity index (χ3n) is 2.37. The molecule has 0 heterocycles. The first kappa shape index (κ1) is 21.3. The van der Waals surface area contributed by atoms with Crippen molar-refractivity contribution in [3.05, 3.63) is 23.3 Å². The Bertz CT molecular complexity index is 606. The maximum Gasteiger partial charge on any atom is 0.332 e. The summed E-state index contributed by atoms with van der Waals surface area (Å²) in [6.45, 7) is -0.537. The van der Waals surface area contributed by atoms with Crippen molar-refractivity contribution in [1.29, 1.82) is 0 Å². The number of nitrogens with one attached hydrogen (secondary N) is 2. The number of hydrogen-bond donors (Lipinski definition) is 6. The van der Waals surface area contributed by atoms with Gasteiger partial charge in [-0.25, -0.2) is 9.59 Å². The van der Waals surface area contributed by atoms with Crippen LogP contribution in [0.25, 0.3) is 0 Å². The molecule has 6 N–H and O–H groups in total. The van der Waals surface area contributed by atoms with Crippen molar-refractivity contribution in [2.45, 2.75) is 12.8 Å². The quantitative estimate of drug-likeness (QED) is 0.190. The molecule has 0 unspecified atom stereocenters. The van der Waals surface area contributed by atoms with Gasteiger partial charge in [-0.3, -0.25) is 19.2 Å². The van der Waals surface area contributed by atoms with Gasteiger partial charge in [0.2, 0.25) is 11.8 Å². The maximum absolute atomic E-state index is 11.4. The van der Waals surface area contributed by atoms with Crippen LogP contribution < -0.4 is 10.6 Å². The van der Waals surface area contributed by atoms with E-state index in [4.69, 9.17) is 20.4 Å². The SMILES string of the molecule is O=C(O)C/C(=C/C(=O)NCNC(=O)/C=C(/CC(=O)O)C(=O)O)C(=O)O. The van der Waals surface area contributed by atoms with Gasteiger partial charge in [-0.2, -0.15) is 0 Å². The topological polar surface area (TPSA) is 207 Å². The van der Waals surface area contributed by atoms with Crippen LogP contribution in [0.4, 0.5) is 0 Å². The fraction of sp³-hybridized carbons (Fsp3) is 0.231. The van der Waals surface area contributed by atoms with E-state index in [9.17, 15) is 28.8 Å². The summed E-state index contributed by atoms with van der Waals surface area (Å²) in [5, 5.41) is 38.5. The lowest BCUT2D eigenvalue weighted by molar-refractivity contribution is -0.139. The molecule has 0 bridgehead atoms. The standard InChI is InChI=1S/C13H14N2O10/c16-8(1-6(12(22)23)3-10(18)19)14-5-15-9(17)2-7(13(24)25)4-11(20)21/h1-2H,3-5H2,(H,14,16)(H,15,17)(H,18,19)(H,20,21)(H,22,23)(H,24,25)/b6-1-,7-2-. The van der Waals surface area contributed by atoms with Crippen molar-refractivity contribution in [2.75, 3.05) is 6.67 Å². The first-order valence-electron chi connectivity index (χ1n) is 6.40. The van der Waals surface area contributed by atoms with Crippen LogP contribution in [0.1, 0.15) is 12.8 Å². The molecular weight excluding hydrogens is 344 g/mol. The second kappa shape index (κ2) is 10.1. The van der Waals surface area contributed by atoms with Crippen molar-refractivity contribution in [2.24, 2.45) is 0 Å². The number of aliphatic carboxylic acids is 4. The van der Waals surface area contributed by atoms with Gasteiger partial charge < -0.3 is 31.1 Å². The van der Waals surface area contributed by atoms with Gasteiger partial charge in [0.25, 0.3) is 0 Å². The van der Waals surface area contributed by atoms with Gasteiger partial charge >= 0.3 is 23.9 Å². The zero-order valence-electron chi connectivity index (χ0n) is 12.5. The van der Waals surface area contributed by atoms with E-state index < -0.39 is 66.3 Å². The summed E-state index contributed by atoms with van der Waals surface area (Å²) in [7, 11) is 0. The summed E-state index contributed by atoms with van der Waals surface area (Å²) in [5.41, 5.74) is -1.38. The molecule has 2 amide bonds. The van der Waals surface area contributed by atoms with Crippen molar-refractivity contribution >= 4 is 35.7 Å². The molecule has 136 valence electrons. The molecule has 0 spiro atoms. The van der Waals surface area contributed by atoms with E-state index >= 15 is 0 Å². The molecule has 0 fully saturated rings. The lowest BCUT2D eigenvalue weighted by Crippen LogP contribution is -2.36. The molecule has 0 rings (SSSR count). The molecule has 0 aromatic carbocycles. The Hall–Kier alpha value is -3.70. The summed E-state index contributed by atoms with van der Waals surface area (Å²) in [5.74, 6) is -8.15. The smallest absolute Gasteiger partial charge is 0.332 e. The molecule has 0 saturated heterocycles. The number of carbonyl (C=O) groups excluding carboxylic acids is 2. The first-order valence-corrected chi connectivity index (χ1v) is 6.40. The zero-order chi connectivity index (χ0) is 19.6. The van der Waals surface area contributed by atoms with Gasteiger partial charge in [0.15, 0.2) is 0 Å². The van der Waals surface area contributed by atoms with E-state index in [1.807, 2.05) is 10.6 Å². The van der Waals surface area contributed by atoms with Crippen molar-refractivity contribution < 1.29 is 49.2 Å². The Balaban J connectivity index is 4.68. The van der Waals surface area contributed by atoms with Crippen LogP contribution in [0.3, 0.4) is 0 Å². The predicted octanol–water partition coefficient (Wildman–Crippen LogP) is -1.85. The first-order chi connectivity index (χ1) is 11.5. The van der Waals surface area contributed by atoms with Crippen molar-refractivity contribution in [3.8, 4) is 0 Å². The maximum atomic E-state index is 11.4. The highest BCUT2D eigenvalue weighted by atomic mass is 16.4. The predicted molar refractivity (Wildman–Crippen MR) is 77.1 cm³/mol. The van der Waals surface area contributed by atoms with Crippen LogP contribution in [0.5, 0.6) is 0 Å². The number of carbonyl (C=O) groups is 6. The van der Waals surface area contributed by atoms with E-state index in [0.29, 0.717) is 12.2 Å². The van der Waals surface area contributed by atoms with Gasteiger partial charge in [-0.15, -0.1) is 0 Å². The molecule has 0 saturated carbocycles. The second-order valence-electron chi connectivity index (χ2n) is 4.35. The summed E-state index contributed by atoms with van der Waals surface area (Å²) >= 11 is 0. The number of hydrogen-bond acceptors (Lipinski definition) is 6. The van der Waals surface area contributed by atoms with Crippen LogP contribution in [-0.4, -0.2) is 62.8 Å². The molecule has 0 aromatic rings. The highest BCUT2D eigenvalue weighted by molar-refractivity contribution is 6.01. The van der Waals surface area contributed by atoms with E-state index in [1.54, 1.807) is 0 Å². The Morgan fingerprint density at radius 2 is 0.960 bits per heavy atom. The van der Waals surface area contributed by atoms with Crippen molar-refractivity contribution in [1.82, 2.24) is 10.6 Å². The highest BCUT2D eigenvalue weighted by Gasteiger charge is 2.15. The Labute approximate surface area is 139 Å². The third kappa shape index (κ3) is 9.83. The molecule has 0 aliphatic rings. The van der Waals surface area contributed by atoms with E-state index in [-0.39, 0.29) is 0 Å². The van der Waals surface area contributed by atoms with Crippen LogP contribution in [0, 0.1) is 0 Å². The third-order valence-corrected chi connectivity index (χ3v) is 2.37. The van der Waals surface area contributed by atoms with Gasteiger partial charge in [0.05, 0.1) is 30.7 Å². The normalized spacial score (nSPS) is 11.4. The molecule has 0 aromatic heterocycles. The Morgan fingerprint density at radius 1 is 0.640 bits per heavy atom. The minimum Gasteiger partial charge on any atom is -0.481 e. The van der Waals surface area contributed by atoms with Gasteiger partial charge in [0.1, 0.15) is 0 Å². The average molecular weight is 358 g/mol. The zero-order valence-corrected chi connectivity index (χ0v) is 12.5. The van der Waals surface area contributed by atoms with Gasteiger partial charge in [-0.1, -0.05) is 0 Å².